The van der Waals surface area contributed by atoms with Crippen LogP contribution in [0, 0.1) is 11.8 Å². The molecule has 1 aliphatic carbocycles. The Balaban J connectivity index is 1.98. The minimum absolute atomic E-state index is 0.573. The molecule has 0 radical (unpaired) electrons. The molecule has 18 heavy (non-hydrogen) atoms. The predicted molar refractivity (Wildman–Crippen MR) is 80.2 cm³/mol. The lowest BCUT2D eigenvalue weighted by Crippen LogP contribution is -2.14. The van der Waals surface area contributed by atoms with Gasteiger partial charge in [0.1, 0.15) is 0 Å². The van der Waals surface area contributed by atoms with Crippen molar-refractivity contribution >= 4 is 15.9 Å². The van der Waals surface area contributed by atoms with Crippen LogP contribution in [0.3, 0.4) is 0 Å². The Morgan fingerprint density at radius 1 is 1.39 bits per heavy atom. The second-order valence-electron chi connectivity index (χ2n) is 5.67. The average molecular weight is 313 g/mol. The molecular weight excluding hydrogens is 288 g/mol. The van der Waals surface area contributed by atoms with Gasteiger partial charge in [-0.15, -0.1) is 0 Å². The minimum Gasteiger partial charge on any atom is -0.269 e. The van der Waals surface area contributed by atoms with Gasteiger partial charge in [-0.05, 0) is 50.0 Å². The van der Waals surface area contributed by atoms with Gasteiger partial charge in [0, 0.05) is 11.0 Å². The zero-order valence-electron chi connectivity index (χ0n) is 11.8. The highest BCUT2D eigenvalue weighted by Crippen LogP contribution is 2.38. The van der Waals surface area contributed by atoms with E-state index in [2.05, 4.69) is 53.6 Å². The summed E-state index contributed by atoms with van der Waals surface area (Å²) in [5, 5.41) is 4.78. The Kier molecular flexibility index (Phi) is 4.88. The van der Waals surface area contributed by atoms with E-state index >= 15 is 0 Å². The molecule has 1 aliphatic rings. The fourth-order valence-corrected chi connectivity index (χ4v) is 3.80. The maximum atomic E-state index is 4.78. The first kappa shape index (κ1) is 14.1. The minimum atomic E-state index is 0.573. The Hall–Kier alpha value is -0.310. The van der Waals surface area contributed by atoms with Gasteiger partial charge in [-0.2, -0.15) is 5.10 Å². The number of rotatable bonds is 5. The smallest absolute Gasteiger partial charge is 0.0627 e. The van der Waals surface area contributed by atoms with E-state index in [1.807, 2.05) is 0 Å². The van der Waals surface area contributed by atoms with E-state index in [-0.39, 0.29) is 0 Å². The largest absolute Gasteiger partial charge is 0.269 e. The zero-order valence-corrected chi connectivity index (χ0v) is 13.4. The van der Waals surface area contributed by atoms with Gasteiger partial charge in [-0.1, -0.05) is 36.7 Å². The van der Waals surface area contributed by atoms with Gasteiger partial charge in [-0.3, -0.25) is 4.68 Å². The molecule has 3 heteroatoms. The highest BCUT2D eigenvalue weighted by molar-refractivity contribution is 9.09. The maximum absolute atomic E-state index is 4.78. The summed E-state index contributed by atoms with van der Waals surface area (Å²) in [6, 6.07) is 2.79. The van der Waals surface area contributed by atoms with Crippen LogP contribution in [0.25, 0.3) is 0 Å². The van der Waals surface area contributed by atoms with Crippen LogP contribution in [0.1, 0.15) is 58.2 Å². The second-order valence-corrected chi connectivity index (χ2v) is 6.85. The van der Waals surface area contributed by atoms with Crippen molar-refractivity contribution in [2.24, 2.45) is 11.8 Å². The highest BCUT2D eigenvalue weighted by Gasteiger charge is 2.31. The summed E-state index contributed by atoms with van der Waals surface area (Å²) in [6.45, 7) is 6.85. The summed E-state index contributed by atoms with van der Waals surface area (Å²) in [5.41, 5.74) is 1.28. The van der Waals surface area contributed by atoms with Crippen LogP contribution in [0.2, 0.25) is 0 Å². The van der Waals surface area contributed by atoms with Gasteiger partial charge < -0.3 is 0 Å². The summed E-state index contributed by atoms with van der Waals surface area (Å²) in [5.74, 6) is 1.59. The molecule has 1 fully saturated rings. The lowest BCUT2D eigenvalue weighted by Gasteiger charge is -2.16. The van der Waals surface area contributed by atoms with Crippen molar-refractivity contribution in [2.75, 3.05) is 0 Å². The molecule has 0 aliphatic heterocycles. The number of aromatic nitrogens is 2. The molecule has 0 bridgehead atoms. The van der Waals surface area contributed by atoms with E-state index in [1.54, 1.807) is 0 Å². The Bertz CT molecular complexity index is 370. The quantitative estimate of drug-likeness (QED) is 0.727. The van der Waals surface area contributed by atoms with Gasteiger partial charge in [0.15, 0.2) is 0 Å². The molecule has 3 atom stereocenters. The monoisotopic (exact) mass is 312 g/mol. The molecule has 2 nitrogen and oxygen atoms in total. The van der Waals surface area contributed by atoms with Gasteiger partial charge in [0.2, 0.25) is 0 Å². The fraction of sp³-hybridized carbons (Fsp3) is 0.800. The van der Waals surface area contributed by atoms with E-state index < -0.39 is 0 Å². The van der Waals surface area contributed by atoms with Crippen LogP contribution >= 0.6 is 15.9 Å². The standard InChI is InChI=1S/C15H25BrN2/c1-4-14(5-2)18-9-8-13(17-18)10-12-6-7-15(16)11(12)3/h8-9,11-12,14-15H,4-7,10H2,1-3H3. The van der Waals surface area contributed by atoms with Gasteiger partial charge in [-0.25, -0.2) is 0 Å². The van der Waals surface area contributed by atoms with E-state index in [0.29, 0.717) is 10.9 Å². The molecule has 3 unspecified atom stereocenters. The van der Waals surface area contributed by atoms with Crippen LogP contribution in [-0.4, -0.2) is 14.6 Å². The van der Waals surface area contributed by atoms with Crippen molar-refractivity contribution in [1.29, 1.82) is 0 Å². The molecule has 102 valence electrons. The number of hydrogen-bond donors (Lipinski definition) is 0. The van der Waals surface area contributed by atoms with Crippen LogP contribution in [0.4, 0.5) is 0 Å². The van der Waals surface area contributed by atoms with Crippen molar-refractivity contribution < 1.29 is 0 Å². The molecule has 0 aromatic carbocycles. The summed E-state index contributed by atoms with van der Waals surface area (Å²) < 4.78 is 2.17. The van der Waals surface area contributed by atoms with E-state index in [9.17, 15) is 0 Å². The molecule has 1 heterocycles. The normalized spacial score (nSPS) is 28.2. The number of hydrogen-bond acceptors (Lipinski definition) is 1. The fourth-order valence-electron chi connectivity index (χ4n) is 3.10. The number of nitrogens with zero attached hydrogens (tertiary/aromatic N) is 2. The molecule has 1 saturated carbocycles. The van der Waals surface area contributed by atoms with Crippen LogP contribution in [0.5, 0.6) is 0 Å². The highest BCUT2D eigenvalue weighted by atomic mass is 79.9. The lowest BCUT2D eigenvalue weighted by molar-refractivity contribution is 0.401. The zero-order chi connectivity index (χ0) is 13.1. The van der Waals surface area contributed by atoms with Crippen LogP contribution in [0.15, 0.2) is 12.3 Å². The Morgan fingerprint density at radius 2 is 2.11 bits per heavy atom. The summed E-state index contributed by atoms with van der Waals surface area (Å²) in [6.07, 6.45) is 8.31. The van der Waals surface area contributed by atoms with Crippen molar-refractivity contribution in [3.05, 3.63) is 18.0 Å². The van der Waals surface area contributed by atoms with Gasteiger partial charge >= 0.3 is 0 Å². The summed E-state index contributed by atoms with van der Waals surface area (Å²) in [7, 11) is 0. The van der Waals surface area contributed by atoms with Crippen molar-refractivity contribution in [1.82, 2.24) is 9.78 Å². The third-order valence-corrected chi connectivity index (χ3v) is 5.87. The van der Waals surface area contributed by atoms with Gasteiger partial charge in [0.05, 0.1) is 11.7 Å². The Labute approximate surface area is 119 Å². The molecule has 1 aromatic rings. The van der Waals surface area contributed by atoms with E-state index in [0.717, 1.165) is 18.3 Å². The first-order chi connectivity index (χ1) is 8.65. The van der Waals surface area contributed by atoms with Crippen LogP contribution in [-0.2, 0) is 6.42 Å². The number of alkyl halides is 1. The van der Waals surface area contributed by atoms with E-state index in [1.165, 1.54) is 31.4 Å². The first-order valence-corrected chi connectivity index (χ1v) is 8.25. The SMILES string of the molecule is CCC(CC)n1ccc(CC2CCC(Br)C2C)n1. The first-order valence-electron chi connectivity index (χ1n) is 7.33. The maximum Gasteiger partial charge on any atom is 0.0627 e. The van der Waals surface area contributed by atoms with Crippen molar-refractivity contribution in [3.8, 4) is 0 Å². The molecule has 0 spiro atoms. The van der Waals surface area contributed by atoms with E-state index in [4.69, 9.17) is 5.10 Å². The molecule has 0 amide bonds. The summed E-state index contributed by atoms with van der Waals surface area (Å²) >= 11 is 3.78. The number of halogens is 1. The second kappa shape index (κ2) is 6.23. The van der Waals surface area contributed by atoms with Crippen LogP contribution < -0.4 is 0 Å². The third kappa shape index (κ3) is 2.98. The third-order valence-electron chi connectivity index (χ3n) is 4.58. The Morgan fingerprint density at radius 3 is 2.67 bits per heavy atom. The molecule has 1 aromatic heterocycles. The lowest BCUT2D eigenvalue weighted by atomic mass is 9.93. The average Bonchev–Trinajstić information content (AvgIpc) is 2.94. The van der Waals surface area contributed by atoms with Gasteiger partial charge in [0.25, 0.3) is 0 Å². The molecule has 0 N–H and O–H groups in total. The summed E-state index contributed by atoms with van der Waals surface area (Å²) in [4.78, 5) is 0.712. The molecule has 2 rings (SSSR count). The van der Waals surface area contributed by atoms with Crippen molar-refractivity contribution in [2.45, 2.75) is 63.7 Å². The molecular formula is C15H25BrN2. The predicted octanol–water partition coefficient (Wildman–Crippen LogP) is 4.60. The van der Waals surface area contributed by atoms with Crippen molar-refractivity contribution in [3.63, 3.8) is 0 Å². The molecule has 0 saturated heterocycles. The topological polar surface area (TPSA) is 17.8 Å².